The van der Waals surface area contributed by atoms with Crippen LogP contribution in [0.25, 0.3) is 6.08 Å². The number of hydrogen-bond acceptors (Lipinski definition) is 2. The minimum Gasteiger partial charge on any atom is -0.355 e. The molecule has 2 aromatic rings. The first kappa shape index (κ1) is 17.9. The molecule has 0 unspecified atom stereocenters. The highest BCUT2D eigenvalue weighted by Gasteiger charge is 2.31. The van der Waals surface area contributed by atoms with Crippen LogP contribution in [0.4, 0.5) is 4.39 Å². The summed E-state index contributed by atoms with van der Waals surface area (Å²) >= 11 is 0. The SMILES string of the molecule is CNC(=O)c1ccc(/C=C/C(=O)N(Cc2ccccc2F)C2CC2)cc1. The van der Waals surface area contributed by atoms with Crippen LogP contribution in [0.1, 0.15) is 34.3 Å². The third kappa shape index (κ3) is 4.36. The number of hydrogen-bond donors (Lipinski definition) is 1. The Morgan fingerprint density at radius 2 is 1.85 bits per heavy atom. The zero-order valence-electron chi connectivity index (χ0n) is 14.6. The first-order valence-electron chi connectivity index (χ1n) is 8.62. The quantitative estimate of drug-likeness (QED) is 0.810. The average Bonchev–Trinajstić information content (AvgIpc) is 3.50. The molecule has 1 aliphatic rings. The van der Waals surface area contributed by atoms with E-state index in [4.69, 9.17) is 0 Å². The molecular formula is C21H21FN2O2. The predicted molar refractivity (Wildman–Crippen MR) is 98.8 cm³/mol. The van der Waals surface area contributed by atoms with Gasteiger partial charge in [0.15, 0.2) is 0 Å². The van der Waals surface area contributed by atoms with Crippen molar-refractivity contribution in [2.75, 3.05) is 7.05 Å². The Kier molecular flexibility index (Phi) is 5.46. The van der Waals surface area contributed by atoms with E-state index in [1.807, 2.05) is 0 Å². The summed E-state index contributed by atoms with van der Waals surface area (Å²) in [5, 5.41) is 2.56. The van der Waals surface area contributed by atoms with Crippen LogP contribution in [0, 0.1) is 5.82 Å². The van der Waals surface area contributed by atoms with Crippen LogP contribution in [0.15, 0.2) is 54.6 Å². The van der Waals surface area contributed by atoms with Gasteiger partial charge < -0.3 is 10.2 Å². The summed E-state index contributed by atoms with van der Waals surface area (Å²) < 4.78 is 13.9. The highest BCUT2D eigenvalue weighted by Crippen LogP contribution is 2.29. The molecule has 1 aliphatic carbocycles. The van der Waals surface area contributed by atoms with Gasteiger partial charge in [-0.1, -0.05) is 30.3 Å². The third-order valence-corrected chi connectivity index (χ3v) is 4.39. The molecule has 0 atom stereocenters. The number of nitrogens with one attached hydrogen (secondary N) is 1. The van der Waals surface area contributed by atoms with Gasteiger partial charge in [-0.05, 0) is 42.7 Å². The van der Waals surface area contributed by atoms with Crippen molar-refractivity contribution in [1.29, 1.82) is 0 Å². The van der Waals surface area contributed by atoms with Crippen LogP contribution >= 0.6 is 0 Å². The summed E-state index contributed by atoms with van der Waals surface area (Å²) in [4.78, 5) is 25.8. The number of benzene rings is 2. The van der Waals surface area contributed by atoms with Crippen LogP contribution < -0.4 is 5.32 Å². The van der Waals surface area contributed by atoms with Crippen molar-refractivity contribution < 1.29 is 14.0 Å². The Balaban J connectivity index is 1.69. The lowest BCUT2D eigenvalue weighted by Gasteiger charge is -2.21. The van der Waals surface area contributed by atoms with E-state index in [1.54, 1.807) is 60.5 Å². The number of amides is 2. The monoisotopic (exact) mass is 352 g/mol. The van der Waals surface area contributed by atoms with Gasteiger partial charge in [-0.3, -0.25) is 9.59 Å². The molecule has 1 fully saturated rings. The van der Waals surface area contributed by atoms with E-state index < -0.39 is 0 Å². The molecule has 26 heavy (non-hydrogen) atoms. The second kappa shape index (κ2) is 7.95. The molecule has 1 N–H and O–H groups in total. The topological polar surface area (TPSA) is 49.4 Å². The predicted octanol–water partition coefficient (Wildman–Crippen LogP) is 3.39. The smallest absolute Gasteiger partial charge is 0.251 e. The van der Waals surface area contributed by atoms with Crippen molar-refractivity contribution in [3.05, 3.63) is 77.1 Å². The maximum absolute atomic E-state index is 13.9. The molecule has 0 radical (unpaired) electrons. The molecule has 2 aromatic carbocycles. The molecule has 2 amide bonds. The average molecular weight is 352 g/mol. The summed E-state index contributed by atoms with van der Waals surface area (Å²) in [6.07, 6.45) is 5.13. The zero-order chi connectivity index (χ0) is 18.5. The Morgan fingerprint density at radius 1 is 1.15 bits per heavy atom. The van der Waals surface area contributed by atoms with Crippen LogP contribution in [0.2, 0.25) is 0 Å². The van der Waals surface area contributed by atoms with E-state index >= 15 is 0 Å². The van der Waals surface area contributed by atoms with E-state index in [0.29, 0.717) is 11.1 Å². The van der Waals surface area contributed by atoms with Gasteiger partial charge in [0.05, 0.1) is 0 Å². The highest BCUT2D eigenvalue weighted by atomic mass is 19.1. The van der Waals surface area contributed by atoms with Crippen LogP contribution in [0.5, 0.6) is 0 Å². The van der Waals surface area contributed by atoms with Crippen molar-refractivity contribution in [3.63, 3.8) is 0 Å². The molecule has 0 bridgehead atoms. The number of rotatable bonds is 6. The fraction of sp³-hybridized carbons (Fsp3) is 0.238. The van der Waals surface area contributed by atoms with Crippen molar-refractivity contribution in [1.82, 2.24) is 10.2 Å². The van der Waals surface area contributed by atoms with E-state index in [0.717, 1.165) is 18.4 Å². The minimum atomic E-state index is -0.292. The van der Waals surface area contributed by atoms with Crippen LogP contribution in [0.3, 0.4) is 0 Å². The van der Waals surface area contributed by atoms with E-state index in [-0.39, 0.29) is 30.2 Å². The molecule has 1 saturated carbocycles. The largest absolute Gasteiger partial charge is 0.355 e. The van der Waals surface area contributed by atoms with Crippen molar-refractivity contribution in [2.24, 2.45) is 0 Å². The van der Waals surface area contributed by atoms with Crippen LogP contribution in [-0.2, 0) is 11.3 Å². The van der Waals surface area contributed by atoms with Crippen LogP contribution in [-0.4, -0.2) is 29.8 Å². The third-order valence-electron chi connectivity index (χ3n) is 4.39. The first-order chi connectivity index (χ1) is 12.6. The summed E-state index contributed by atoms with van der Waals surface area (Å²) in [5.41, 5.74) is 1.92. The van der Waals surface area contributed by atoms with E-state index in [9.17, 15) is 14.0 Å². The second-order valence-corrected chi connectivity index (χ2v) is 6.32. The summed E-state index contributed by atoms with van der Waals surface area (Å²) in [7, 11) is 1.58. The molecule has 0 heterocycles. The summed E-state index contributed by atoms with van der Waals surface area (Å²) in [6, 6.07) is 13.7. The van der Waals surface area contributed by atoms with Crippen molar-refractivity contribution in [3.8, 4) is 0 Å². The maximum Gasteiger partial charge on any atom is 0.251 e. The first-order valence-corrected chi connectivity index (χ1v) is 8.62. The number of halogens is 1. The van der Waals surface area contributed by atoms with Gasteiger partial charge in [0.1, 0.15) is 5.82 Å². The zero-order valence-corrected chi connectivity index (χ0v) is 14.6. The van der Waals surface area contributed by atoms with E-state index in [1.165, 1.54) is 12.1 Å². The van der Waals surface area contributed by atoms with Gasteiger partial charge in [-0.15, -0.1) is 0 Å². The van der Waals surface area contributed by atoms with Gasteiger partial charge in [-0.2, -0.15) is 0 Å². The summed E-state index contributed by atoms with van der Waals surface area (Å²) in [5.74, 6) is -0.577. The van der Waals surface area contributed by atoms with Gasteiger partial charge >= 0.3 is 0 Å². The molecular weight excluding hydrogens is 331 g/mol. The number of carbonyl (C=O) groups is 2. The number of nitrogens with zero attached hydrogens (tertiary/aromatic N) is 1. The van der Waals surface area contributed by atoms with E-state index in [2.05, 4.69) is 5.32 Å². The normalized spacial score (nSPS) is 13.6. The standard InChI is InChI=1S/C21H21FN2O2/c1-23-21(26)16-9-6-15(7-10-16)8-13-20(25)24(18-11-12-18)14-17-4-2-3-5-19(17)22/h2-10,13,18H,11-12,14H2,1H3,(H,23,26)/b13-8+. The lowest BCUT2D eigenvalue weighted by atomic mass is 10.1. The Hall–Kier alpha value is -2.95. The second-order valence-electron chi connectivity index (χ2n) is 6.32. The van der Waals surface area contributed by atoms with Crippen molar-refractivity contribution >= 4 is 17.9 Å². The Morgan fingerprint density at radius 3 is 2.46 bits per heavy atom. The molecule has 4 nitrogen and oxygen atoms in total. The van der Waals surface area contributed by atoms with Gasteiger partial charge in [0.2, 0.25) is 5.91 Å². The molecule has 3 rings (SSSR count). The van der Waals surface area contributed by atoms with Crippen molar-refractivity contribution in [2.45, 2.75) is 25.4 Å². The molecule has 0 spiro atoms. The lowest BCUT2D eigenvalue weighted by molar-refractivity contribution is -0.127. The highest BCUT2D eigenvalue weighted by molar-refractivity contribution is 5.95. The number of carbonyl (C=O) groups excluding carboxylic acids is 2. The summed E-state index contributed by atoms with van der Waals surface area (Å²) in [6.45, 7) is 0.274. The molecule has 0 aliphatic heterocycles. The molecule has 0 saturated heterocycles. The maximum atomic E-state index is 13.9. The molecule has 134 valence electrons. The fourth-order valence-electron chi connectivity index (χ4n) is 2.74. The molecule has 0 aromatic heterocycles. The lowest BCUT2D eigenvalue weighted by Crippen LogP contribution is -2.31. The Bertz CT molecular complexity index is 826. The molecule has 5 heteroatoms. The minimum absolute atomic E-state index is 0.133. The Labute approximate surface area is 152 Å². The van der Waals surface area contributed by atoms with Gasteiger partial charge in [0, 0.05) is 36.8 Å². The fourth-order valence-corrected chi connectivity index (χ4v) is 2.74. The van der Waals surface area contributed by atoms with Gasteiger partial charge in [-0.25, -0.2) is 4.39 Å². The van der Waals surface area contributed by atoms with Gasteiger partial charge in [0.25, 0.3) is 5.91 Å².